The number of hydrogen-bond acceptors (Lipinski definition) is 1. The molecule has 1 aromatic rings. The van der Waals surface area contributed by atoms with Gasteiger partial charge in [-0.1, -0.05) is 50.1 Å². The number of aliphatic hydroxyl groups excluding tert-OH is 1. The second-order valence-corrected chi connectivity index (χ2v) is 5.50. The molecule has 1 atom stereocenters. The van der Waals surface area contributed by atoms with E-state index >= 15 is 0 Å². The maximum Gasteiger partial charge on any atom is 0.147 e. The second-order valence-electron chi connectivity index (χ2n) is 2.74. The van der Waals surface area contributed by atoms with Gasteiger partial charge in [-0.25, -0.2) is 4.39 Å². The van der Waals surface area contributed by atoms with E-state index in [-0.39, 0.29) is 15.6 Å². The highest BCUT2D eigenvalue weighted by Gasteiger charge is 2.17. The van der Waals surface area contributed by atoms with Crippen LogP contribution in [0.15, 0.2) is 16.6 Å². The van der Waals surface area contributed by atoms with Crippen molar-refractivity contribution >= 4 is 50.1 Å². The molecular formula is C9H8BrClFIO. The van der Waals surface area contributed by atoms with E-state index in [4.69, 9.17) is 16.7 Å². The number of alkyl halides is 1. The number of benzene rings is 1. The standard InChI is InChI=1S/C9H8BrClFIO/c10-5-1-2-6(11)9(12)8(5)7(13)3-4-14/h1-2,7,14H,3-4H2. The quantitative estimate of drug-likeness (QED) is 0.466. The molecule has 0 radical (unpaired) electrons. The molecule has 0 fully saturated rings. The second kappa shape index (κ2) is 5.63. The zero-order chi connectivity index (χ0) is 10.7. The average molecular weight is 393 g/mol. The molecule has 1 aromatic carbocycles. The van der Waals surface area contributed by atoms with Gasteiger partial charge in [-0.15, -0.1) is 0 Å². The molecule has 1 unspecified atom stereocenters. The van der Waals surface area contributed by atoms with Crippen LogP contribution in [0.1, 0.15) is 15.9 Å². The fraction of sp³-hybridized carbons (Fsp3) is 0.333. The largest absolute Gasteiger partial charge is 0.396 e. The minimum atomic E-state index is -0.408. The van der Waals surface area contributed by atoms with Crippen molar-refractivity contribution in [2.24, 2.45) is 0 Å². The van der Waals surface area contributed by atoms with Gasteiger partial charge in [-0.2, -0.15) is 0 Å². The zero-order valence-electron chi connectivity index (χ0n) is 7.11. The van der Waals surface area contributed by atoms with E-state index < -0.39 is 5.82 Å². The molecule has 1 nitrogen and oxygen atoms in total. The summed E-state index contributed by atoms with van der Waals surface area (Å²) in [5, 5.41) is 8.89. The first-order chi connectivity index (χ1) is 6.57. The Morgan fingerprint density at radius 3 is 2.79 bits per heavy atom. The normalized spacial score (nSPS) is 12.9. The minimum Gasteiger partial charge on any atom is -0.396 e. The van der Waals surface area contributed by atoms with Gasteiger partial charge in [0.1, 0.15) is 5.82 Å². The number of hydrogen-bond donors (Lipinski definition) is 1. The van der Waals surface area contributed by atoms with Crippen LogP contribution in [0.25, 0.3) is 0 Å². The van der Waals surface area contributed by atoms with Gasteiger partial charge in [-0.05, 0) is 18.6 Å². The van der Waals surface area contributed by atoms with Crippen molar-refractivity contribution in [3.63, 3.8) is 0 Å². The molecule has 1 N–H and O–H groups in total. The van der Waals surface area contributed by atoms with Crippen LogP contribution in [0, 0.1) is 5.82 Å². The zero-order valence-corrected chi connectivity index (χ0v) is 11.6. The summed E-state index contributed by atoms with van der Waals surface area (Å²) in [4.78, 5) is 0. The molecule has 78 valence electrons. The molecule has 0 aliphatic carbocycles. The third kappa shape index (κ3) is 2.81. The van der Waals surface area contributed by atoms with Gasteiger partial charge in [0.2, 0.25) is 0 Å². The maximum absolute atomic E-state index is 13.6. The van der Waals surface area contributed by atoms with Crippen LogP contribution in [0.3, 0.4) is 0 Å². The smallest absolute Gasteiger partial charge is 0.147 e. The predicted molar refractivity (Wildman–Crippen MR) is 67.6 cm³/mol. The molecule has 0 aliphatic rings. The van der Waals surface area contributed by atoms with E-state index in [9.17, 15) is 4.39 Å². The molecule has 0 bridgehead atoms. The SMILES string of the molecule is OCCC(I)c1c(Br)ccc(Cl)c1F. The highest BCUT2D eigenvalue weighted by Crippen LogP contribution is 2.37. The van der Waals surface area contributed by atoms with Crippen LogP contribution < -0.4 is 0 Å². The summed E-state index contributed by atoms with van der Waals surface area (Å²) in [6, 6.07) is 3.22. The molecule has 14 heavy (non-hydrogen) atoms. The van der Waals surface area contributed by atoms with Crippen LogP contribution in [-0.4, -0.2) is 11.7 Å². The Balaban J connectivity index is 3.11. The summed E-state index contributed by atoms with van der Waals surface area (Å²) in [6.07, 6.45) is 0.510. The lowest BCUT2D eigenvalue weighted by atomic mass is 10.1. The monoisotopic (exact) mass is 392 g/mol. The lowest BCUT2D eigenvalue weighted by Gasteiger charge is -2.12. The topological polar surface area (TPSA) is 20.2 Å². The van der Waals surface area contributed by atoms with Crippen molar-refractivity contribution in [3.8, 4) is 0 Å². The first-order valence-corrected chi connectivity index (χ1v) is 6.38. The Morgan fingerprint density at radius 2 is 2.21 bits per heavy atom. The van der Waals surface area contributed by atoms with Gasteiger partial charge in [-0.3, -0.25) is 0 Å². The first kappa shape index (κ1) is 12.7. The van der Waals surface area contributed by atoms with Crippen LogP contribution in [0.4, 0.5) is 4.39 Å². The minimum absolute atomic E-state index is 0.0337. The molecular weight excluding hydrogens is 385 g/mol. The molecule has 0 aliphatic heterocycles. The van der Waals surface area contributed by atoms with Crippen molar-refractivity contribution in [2.75, 3.05) is 6.61 Å². The maximum atomic E-state index is 13.6. The van der Waals surface area contributed by atoms with Crippen molar-refractivity contribution < 1.29 is 9.50 Å². The highest BCUT2D eigenvalue weighted by atomic mass is 127. The van der Waals surface area contributed by atoms with Crippen molar-refractivity contribution in [1.82, 2.24) is 0 Å². The van der Waals surface area contributed by atoms with E-state index in [1.54, 1.807) is 6.07 Å². The number of aliphatic hydroxyl groups is 1. The molecule has 0 saturated carbocycles. The Morgan fingerprint density at radius 1 is 1.57 bits per heavy atom. The van der Waals surface area contributed by atoms with Gasteiger partial charge in [0, 0.05) is 20.6 Å². The molecule has 5 heteroatoms. The van der Waals surface area contributed by atoms with Gasteiger partial charge in [0.15, 0.2) is 0 Å². The van der Waals surface area contributed by atoms with E-state index in [0.29, 0.717) is 16.5 Å². The summed E-state index contributed by atoms with van der Waals surface area (Å²) < 4.78 is 14.2. The molecule has 0 heterocycles. The Kier molecular flexibility index (Phi) is 5.10. The fourth-order valence-electron chi connectivity index (χ4n) is 1.09. The summed E-state index contributed by atoms with van der Waals surface area (Å²) in [5.74, 6) is -0.408. The summed E-state index contributed by atoms with van der Waals surface area (Å²) in [5.41, 5.74) is 0.521. The third-order valence-corrected chi connectivity index (χ3v) is 4.00. The molecule has 0 aromatic heterocycles. The van der Waals surface area contributed by atoms with Gasteiger partial charge < -0.3 is 5.11 Å². The Hall–Kier alpha value is 0.610. The molecule has 1 rings (SSSR count). The average Bonchev–Trinajstić information content (AvgIpc) is 2.13. The number of halogens is 4. The first-order valence-electron chi connectivity index (χ1n) is 3.96. The van der Waals surface area contributed by atoms with Crippen LogP contribution in [-0.2, 0) is 0 Å². The van der Waals surface area contributed by atoms with E-state index in [1.807, 2.05) is 0 Å². The van der Waals surface area contributed by atoms with Crippen LogP contribution in [0.2, 0.25) is 5.02 Å². The Bertz CT molecular complexity index is 335. The molecule has 0 saturated heterocycles. The molecule has 0 amide bonds. The number of rotatable bonds is 3. The van der Waals surface area contributed by atoms with Crippen molar-refractivity contribution in [1.29, 1.82) is 0 Å². The highest BCUT2D eigenvalue weighted by molar-refractivity contribution is 14.1. The third-order valence-electron chi connectivity index (χ3n) is 1.78. The van der Waals surface area contributed by atoms with Crippen LogP contribution >= 0.6 is 50.1 Å². The van der Waals surface area contributed by atoms with Gasteiger partial charge in [0.25, 0.3) is 0 Å². The van der Waals surface area contributed by atoms with Crippen LogP contribution in [0.5, 0.6) is 0 Å². The van der Waals surface area contributed by atoms with Gasteiger partial charge in [0.05, 0.1) is 5.02 Å². The predicted octanol–water partition coefficient (Wildman–Crippen LogP) is 4.10. The lowest BCUT2D eigenvalue weighted by molar-refractivity contribution is 0.288. The van der Waals surface area contributed by atoms with Gasteiger partial charge >= 0.3 is 0 Å². The fourth-order valence-corrected chi connectivity index (χ4v) is 3.15. The summed E-state index contributed by atoms with van der Waals surface area (Å²) >= 11 is 11.0. The Labute approximate surface area is 109 Å². The van der Waals surface area contributed by atoms with E-state index in [2.05, 4.69) is 38.5 Å². The van der Waals surface area contributed by atoms with Crippen molar-refractivity contribution in [3.05, 3.63) is 33.0 Å². The van der Waals surface area contributed by atoms with E-state index in [1.165, 1.54) is 6.07 Å². The summed E-state index contributed by atoms with van der Waals surface area (Å²) in [7, 11) is 0. The summed E-state index contributed by atoms with van der Waals surface area (Å²) in [6.45, 7) is 0.0337. The van der Waals surface area contributed by atoms with E-state index in [0.717, 1.165) is 0 Å². The lowest BCUT2D eigenvalue weighted by Crippen LogP contribution is -1.99. The van der Waals surface area contributed by atoms with Crippen molar-refractivity contribution in [2.45, 2.75) is 10.3 Å². The molecule has 0 spiro atoms.